The second-order valence-electron chi connectivity index (χ2n) is 5.82. The molecular weight excluding hydrogens is 351 g/mol. The fourth-order valence-electron chi connectivity index (χ4n) is 2.39. The molecule has 1 heterocycles. The predicted octanol–water partition coefficient (Wildman–Crippen LogP) is 5.06. The summed E-state index contributed by atoms with van der Waals surface area (Å²) in [7, 11) is 0. The van der Waals surface area contributed by atoms with Crippen molar-refractivity contribution in [1.29, 1.82) is 0 Å². The van der Waals surface area contributed by atoms with Crippen molar-refractivity contribution in [1.82, 2.24) is 0 Å². The zero-order valence-corrected chi connectivity index (χ0v) is 15.1. The van der Waals surface area contributed by atoms with Crippen LogP contribution in [0, 0.1) is 5.92 Å². The minimum absolute atomic E-state index is 0.00513. The molecule has 0 saturated carbocycles. The average Bonchev–Trinajstić information content (AvgIpc) is 2.77. The first-order valence-corrected chi connectivity index (χ1v) is 9.01. The topological polar surface area (TPSA) is 38.7 Å². The predicted molar refractivity (Wildman–Crippen MR) is 93.6 cm³/mol. The molecule has 136 valence electrons. The van der Waals surface area contributed by atoms with E-state index in [4.69, 9.17) is 4.74 Å². The smallest absolute Gasteiger partial charge is 0.416 e. The van der Waals surface area contributed by atoms with Gasteiger partial charge in [-0.25, -0.2) is 4.79 Å². The van der Waals surface area contributed by atoms with Crippen molar-refractivity contribution < 1.29 is 22.7 Å². The SMILES string of the molecule is CCOC(=O)C1=C(C(C)C)N=C(c2ccc(C(F)(F)F)cc2)CCS1. The molecule has 3 nitrogen and oxygen atoms in total. The highest BCUT2D eigenvalue weighted by Gasteiger charge is 2.30. The fraction of sp³-hybridized carbons (Fsp3) is 0.444. The van der Waals surface area contributed by atoms with Crippen LogP contribution in [0.2, 0.25) is 0 Å². The molecule has 0 bridgehead atoms. The lowest BCUT2D eigenvalue weighted by Gasteiger charge is -2.12. The number of carbonyl (C=O) groups excluding carboxylic acids is 1. The zero-order chi connectivity index (χ0) is 18.6. The van der Waals surface area contributed by atoms with Crippen molar-refractivity contribution >= 4 is 23.4 Å². The maximum Gasteiger partial charge on any atom is 0.416 e. The summed E-state index contributed by atoms with van der Waals surface area (Å²) in [5, 5.41) is 0. The minimum Gasteiger partial charge on any atom is -0.462 e. The van der Waals surface area contributed by atoms with Gasteiger partial charge in [0.1, 0.15) is 4.91 Å². The monoisotopic (exact) mass is 371 g/mol. The van der Waals surface area contributed by atoms with Gasteiger partial charge in [0.2, 0.25) is 0 Å². The molecule has 0 N–H and O–H groups in total. The molecule has 0 saturated heterocycles. The first-order chi connectivity index (χ1) is 11.7. The molecule has 0 amide bonds. The summed E-state index contributed by atoms with van der Waals surface area (Å²) in [6.45, 7) is 5.87. The van der Waals surface area contributed by atoms with E-state index in [9.17, 15) is 18.0 Å². The molecule has 1 aliphatic rings. The summed E-state index contributed by atoms with van der Waals surface area (Å²) in [6, 6.07) is 4.97. The molecular formula is C18H20F3NO2S. The number of hydrogen-bond acceptors (Lipinski definition) is 4. The van der Waals surface area contributed by atoms with Crippen LogP contribution in [0.25, 0.3) is 0 Å². The summed E-state index contributed by atoms with van der Waals surface area (Å²) in [5.41, 5.74) is 1.25. The number of ether oxygens (including phenoxy) is 1. The van der Waals surface area contributed by atoms with Gasteiger partial charge in [0.25, 0.3) is 0 Å². The number of carbonyl (C=O) groups is 1. The quantitative estimate of drug-likeness (QED) is 0.694. The van der Waals surface area contributed by atoms with Gasteiger partial charge in [-0.05, 0) is 37.0 Å². The molecule has 1 aromatic rings. The molecule has 0 spiro atoms. The number of thioether (sulfide) groups is 1. The van der Waals surface area contributed by atoms with Crippen LogP contribution in [0.1, 0.15) is 38.3 Å². The summed E-state index contributed by atoms with van der Waals surface area (Å²) in [4.78, 5) is 17.3. The largest absolute Gasteiger partial charge is 0.462 e. The minimum atomic E-state index is -4.36. The fourth-order valence-corrected chi connectivity index (χ4v) is 3.49. The Hall–Kier alpha value is -1.76. The van der Waals surface area contributed by atoms with Gasteiger partial charge >= 0.3 is 12.1 Å². The third kappa shape index (κ3) is 4.87. The van der Waals surface area contributed by atoms with Gasteiger partial charge in [-0.1, -0.05) is 26.0 Å². The van der Waals surface area contributed by atoms with E-state index >= 15 is 0 Å². The maximum atomic E-state index is 12.7. The Labute approximate surface area is 149 Å². The summed E-state index contributed by atoms with van der Waals surface area (Å²) >= 11 is 1.38. The Morgan fingerprint density at radius 1 is 1.28 bits per heavy atom. The Morgan fingerprint density at radius 2 is 1.92 bits per heavy atom. The third-order valence-electron chi connectivity index (χ3n) is 3.63. The number of allylic oxidation sites excluding steroid dienone is 1. The van der Waals surface area contributed by atoms with Crippen molar-refractivity contribution in [2.24, 2.45) is 10.9 Å². The van der Waals surface area contributed by atoms with E-state index in [-0.39, 0.29) is 12.5 Å². The highest BCUT2D eigenvalue weighted by molar-refractivity contribution is 8.04. The lowest BCUT2D eigenvalue weighted by atomic mass is 10.0. The lowest BCUT2D eigenvalue weighted by Crippen LogP contribution is -2.10. The number of hydrogen-bond donors (Lipinski definition) is 0. The number of aliphatic imine (C=N–C) groups is 1. The van der Waals surface area contributed by atoms with Gasteiger partial charge in [-0.15, -0.1) is 11.8 Å². The van der Waals surface area contributed by atoms with E-state index in [0.717, 1.165) is 12.1 Å². The van der Waals surface area contributed by atoms with Crippen LogP contribution in [-0.2, 0) is 15.7 Å². The molecule has 25 heavy (non-hydrogen) atoms. The van der Waals surface area contributed by atoms with E-state index < -0.39 is 17.7 Å². The number of alkyl halides is 3. The van der Waals surface area contributed by atoms with Crippen LogP contribution in [-0.4, -0.2) is 24.0 Å². The molecule has 0 aromatic heterocycles. The molecule has 0 unspecified atom stereocenters. The zero-order valence-electron chi connectivity index (χ0n) is 14.3. The molecule has 1 aromatic carbocycles. The number of nitrogens with zero attached hydrogens (tertiary/aromatic N) is 1. The van der Waals surface area contributed by atoms with Crippen molar-refractivity contribution in [2.75, 3.05) is 12.4 Å². The van der Waals surface area contributed by atoms with Gasteiger partial charge in [0.15, 0.2) is 0 Å². The average molecular weight is 371 g/mol. The highest BCUT2D eigenvalue weighted by Crippen LogP contribution is 2.33. The molecule has 0 atom stereocenters. The maximum absolute atomic E-state index is 12.7. The Bertz CT molecular complexity index is 691. The molecule has 0 aliphatic carbocycles. The van der Waals surface area contributed by atoms with Gasteiger partial charge in [0, 0.05) is 11.5 Å². The lowest BCUT2D eigenvalue weighted by molar-refractivity contribution is -0.138. The molecule has 0 radical (unpaired) electrons. The summed E-state index contributed by atoms with van der Waals surface area (Å²) in [6.07, 6.45) is -3.80. The number of benzene rings is 1. The highest BCUT2D eigenvalue weighted by atomic mass is 32.2. The van der Waals surface area contributed by atoms with Crippen LogP contribution < -0.4 is 0 Å². The first kappa shape index (κ1) is 19.6. The second-order valence-corrected chi connectivity index (χ2v) is 6.93. The number of rotatable bonds is 4. The molecule has 7 heteroatoms. The van der Waals surface area contributed by atoms with Crippen LogP contribution in [0.3, 0.4) is 0 Å². The van der Waals surface area contributed by atoms with Crippen LogP contribution in [0.4, 0.5) is 13.2 Å². The van der Waals surface area contributed by atoms with Crippen molar-refractivity contribution in [2.45, 2.75) is 33.4 Å². The van der Waals surface area contributed by atoms with E-state index in [0.29, 0.717) is 34.1 Å². The molecule has 1 aliphatic heterocycles. The van der Waals surface area contributed by atoms with Crippen molar-refractivity contribution in [3.05, 3.63) is 46.0 Å². The van der Waals surface area contributed by atoms with Crippen LogP contribution in [0.5, 0.6) is 0 Å². The normalized spacial score (nSPS) is 15.9. The molecule has 2 rings (SSSR count). The van der Waals surface area contributed by atoms with E-state index in [1.807, 2.05) is 13.8 Å². The third-order valence-corrected chi connectivity index (χ3v) is 4.70. The first-order valence-electron chi connectivity index (χ1n) is 8.03. The van der Waals surface area contributed by atoms with E-state index in [1.54, 1.807) is 6.92 Å². The van der Waals surface area contributed by atoms with Gasteiger partial charge in [0.05, 0.1) is 17.9 Å². The van der Waals surface area contributed by atoms with Gasteiger partial charge in [-0.2, -0.15) is 13.2 Å². The standard InChI is InChI=1S/C18H20F3NO2S/c1-4-24-17(23)16-15(11(2)3)22-14(9-10-25-16)12-5-7-13(8-6-12)18(19,20)21/h5-8,11H,4,9-10H2,1-3H3. The van der Waals surface area contributed by atoms with Crippen LogP contribution in [0.15, 0.2) is 39.9 Å². The van der Waals surface area contributed by atoms with Crippen LogP contribution >= 0.6 is 11.8 Å². The van der Waals surface area contributed by atoms with E-state index in [1.165, 1.54) is 23.9 Å². The number of halogens is 3. The number of esters is 1. The Morgan fingerprint density at radius 3 is 2.44 bits per heavy atom. The van der Waals surface area contributed by atoms with Gasteiger partial charge < -0.3 is 4.74 Å². The molecule has 0 fully saturated rings. The van der Waals surface area contributed by atoms with E-state index in [2.05, 4.69) is 4.99 Å². The van der Waals surface area contributed by atoms with Crippen molar-refractivity contribution in [3.8, 4) is 0 Å². The van der Waals surface area contributed by atoms with Gasteiger partial charge in [-0.3, -0.25) is 4.99 Å². The second kappa shape index (κ2) is 8.08. The summed E-state index contributed by atoms with van der Waals surface area (Å²) in [5.74, 6) is 0.215. The summed E-state index contributed by atoms with van der Waals surface area (Å²) < 4.78 is 43.2. The van der Waals surface area contributed by atoms with Crippen molar-refractivity contribution in [3.63, 3.8) is 0 Å². The Balaban J connectivity index is 2.41. The Kier molecular flexibility index (Phi) is 6.32.